The first kappa shape index (κ1) is 15.8. The number of hydrogen-bond donors (Lipinski definition) is 1. The van der Waals surface area contributed by atoms with E-state index < -0.39 is 35.6 Å². The van der Waals surface area contributed by atoms with Crippen LogP contribution in [0.3, 0.4) is 0 Å². The maximum Gasteiger partial charge on any atom is 0.351 e. The van der Waals surface area contributed by atoms with Gasteiger partial charge in [-0.2, -0.15) is 4.98 Å². The van der Waals surface area contributed by atoms with Crippen LogP contribution in [-0.4, -0.2) is 33.3 Å². The van der Waals surface area contributed by atoms with E-state index >= 15 is 0 Å². The topological polar surface area (TPSA) is 137 Å². The highest BCUT2D eigenvalue weighted by molar-refractivity contribution is 5.23. The van der Waals surface area contributed by atoms with Crippen LogP contribution in [0.4, 0.5) is 5.82 Å². The highest BCUT2D eigenvalue weighted by atomic mass is 16.8. The van der Waals surface area contributed by atoms with Gasteiger partial charge in [-0.3, -0.25) is 4.57 Å². The van der Waals surface area contributed by atoms with E-state index in [2.05, 4.69) is 15.0 Å². The number of rotatable bonds is 3. The Hall–Kier alpha value is -2.13. The first-order valence-electron chi connectivity index (χ1n) is 7.26. The van der Waals surface area contributed by atoms with Gasteiger partial charge in [-0.25, -0.2) is 4.79 Å². The van der Waals surface area contributed by atoms with Gasteiger partial charge in [0.25, 0.3) is 0 Å². The summed E-state index contributed by atoms with van der Waals surface area (Å²) in [5, 5.41) is 3.80. The number of azide groups is 1. The first-order valence-corrected chi connectivity index (χ1v) is 7.26. The quantitative estimate of drug-likeness (QED) is 0.505. The molecule has 3 rings (SSSR count). The number of fused-ring (bicyclic) bond motifs is 1. The van der Waals surface area contributed by atoms with E-state index in [1.54, 1.807) is 13.8 Å². The molecule has 23 heavy (non-hydrogen) atoms. The summed E-state index contributed by atoms with van der Waals surface area (Å²) in [6, 6.07) is 1.49. The van der Waals surface area contributed by atoms with Crippen molar-refractivity contribution in [2.45, 2.75) is 57.1 Å². The van der Waals surface area contributed by atoms with Crippen LogP contribution in [0.2, 0.25) is 0 Å². The Bertz CT molecular complexity index is 727. The number of anilines is 1. The van der Waals surface area contributed by atoms with Crippen LogP contribution in [-0.2, 0) is 14.2 Å². The normalized spacial score (nSPS) is 34.8. The summed E-state index contributed by atoms with van der Waals surface area (Å²) in [7, 11) is 0. The van der Waals surface area contributed by atoms with Crippen molar-refractivity contribution in [2.75, 3.05) is 5.73 Å². The minimum absolute atomic E-state index is 0.113. The molecule has 10 nitrogen and oxygen atoms in total. The molecule has 1 unspecified atom stereocenters. The van der Waals surface area contributed by atoms with Gasteiger partial charge in [0.1, 0.15) is 18.0 Å². The Morgan fingerprint density at radius 3 is 2.83 bits per heavy atom. The van der Waals surface area contributed by atoms with Gasteiger partial charge in [0.2, 0.25) is 0 Å². The molecule has 2 N–H and O–H groups in total. The number of aromatic nitrogens is 2. The number of hydrogen-bond acceptors (Lipinski definition) is 7. The van der Waals surface area contributed by atoms with Crippen molar-refractivity contribution < 1.29 is 14.2 Å². The van der Waals surface area contributed by atoms with Gasteiger partial charge in [-0.1, -0.05) is 12.0 Å². The van der Waals surface area contributed by atoms with E-state index in [0.29, 0.717) is 6.42 Å². The van der Waals surface area contributed by atoms with Gasteiger partial charge < -0.3 is 19.9 Å². The van der Waals surface area contributed by atoms with Crippen molar-refractivity contribution in [2.24, 2.45) is 5.11 Å². The predicted molar refractivity (Wildman–Crippen MR) is 79.0 cm³/mol. The van der Waals surface area contributed by atoms with Crippen molar-refractivity contribution in [1.82, 2.24) is 9.55 Å². The molecule has 1 aromatic heterocycles. The van der Waals surface area contributed by atoms with Crippen LogP contribution in [0.1, 0.15) is 33.4 Å². The molecule has 1 aromatic rings. The second kappa shape index (κ2) is 5.20. The highest BCUT2D eigenvalue weighted by Crippen LogP contribution is 2.49. The van der Waals surface area contributed by atoms with E-state index in [4.69, 9.17) is 25.5 Å². The zero-order valence-corrected chi connectivity index (χ0v) is 13.0. The Balaban J connectivity index is 2.08. The van der Waals surface area contributed by atoms with Crippen molar-refractivity contribution in [3.63, 3.8) is 0 Å². The summed E-state index contributed by atoms with van der Waals surface area (Å²) < 4.78 is 18.9. The number of nitrogens with two attached hydrogens (primary N) is 1. The molecule has 0 aromatic carbocycles. The zero-order valence-electron chi connectivity index (χ0n) is 13.0. The van der Waals surface area contributed by atoms with Crippen molar-refractivity contribution >= 4 is 5.82 Å². The molecular formula is C13H18N6O4. The monoisotopic (exact) mass is 322 g/mol. The smallest absolute Gasteiger partial charge is 0.351 e. The minimum Gasteiger partial charge on any atom is -0.383 e. The summed E-state index contributed by atoms with van der Waals surface area (Å²) >= 11 is 0. The molecule has 0 saturated carbocycles. The number of nitrogens with zero attached hydrogens (tertiary/aromatic N) is 5. The molecule has 0 radical (unpaired) electrons. The zero-order chi connectivity index (χ0) is 16.8. The Labute approximate surface area is 131 Å². The third kappa shape index (κ3) is 2.45. The average Bonchev–Trinajstić information content (AvgIpc) is 2.93. The van der Waals surface area contributed by atoms with E-state index in [-0.39, 0.29) is 5.82 Å². The Morgan fingerprint density at radius 2 is 2.22 bits per heavy atom. The number of nitrogen functional groups attached to an aromatic ring is 1. The fourth-order valence-corrected chi connectivity index (χ4v) is 3.04. The van der Waals surface area contributed by atoms with Crippen LogP contribution in [0.25, 0.3) is 10.4 Å². The summed E-state index contributed by atoms with van der Waals surface area (Å²) in [6.07, 6.45) is -0.229. The lowest BCUT2D eigenvalue weighted by Gasteiger charge is -2.29. The predicted octanol–water partition coefficient (Wildman–Crippen LogP) is 1.29. The molecule has 10 heteroatoms. The molecule has 2 fully saturated rings. The summed E-state index contributed by atoms with van der Waals surface area (Å²) in [5.41, 5.74) is 12.6. The number of ether oxygens (including phenoxy) is 3. The second-order valence-electron chi connectivity index (χ2n) is 5.96. The van der Waals surface area contributed by atoms with Crippen LogP contribution < -0.4 is 11.4 Å². The highest BCUT2D eigenvalue weighted by Gasteiger charge is 2.62. The van der Waals surface area contributed by atoms with Crippen LogP contribution >= 0.6 is 0 Å². The summed E-state index contributed by atoms with van der Waals surface area (Å²) in [6.45, 7) is 5.32. The van der Waals surface area contributed by atoms with Crippen molar-refractivity contribution in [1.29, 1.82) is 0 Å². The molecule has 2 saturated heterocycles. The fraction of sp³-hybridized carbons (Fsp3) is 0.692. The van der Waals surface area contributed by atoms with E-state index in [1.807, 2.05) is 6.92 Å². The van der Waals surface area contributed by atoms with E-state index in [0.717, 1.165) is 0 Å². The summed E-state index contributed by atoms with van der Waals surface area (Å²) in [4.78, 5) is 18.7. The third-order valence-corrected chi connectivity index (χ3v) is 4.03. The molecule has 0 aliphatic carbocycles. The van der Waals surface area contributed by atoms with Crippen LogP contribution in [0.5, 0.6) is 0 Å². The average molecular weight is 322 g/mol. The molecule has 0 spiro atoms. The van der Waals surface area contributed by atoms with Gasteiger partial charge in [-0.05, 0) is 31.9 Å². The molecule has 3 heterocycles. The maximum absolute atomic E-state index is 12.1. The molecular weight excluding hydrogens is 304 g/mol. The van der Waals surface area contributed by atoms with Crippen LogP contribution in [0, 0.1) is 0 Å². The van der Waals surface area contributed by atoms with Gasteiger partial charge in [0, 0.05) is 11.1 Å². The summed E-state index contributed by atoms with van der Waals surface area (Å²) in [5.74, 6) is -0.769. The largest absolute Gasteiger partial charge is 0.383 e. The van der Waals surface area contributed by atoms with E-state index in [1.165, 1.54) is 16.8 Å². The van der Waals surface area contributed by atoms with Gasteiger partial charge in [0.05, 0.1) is 0 Å². The third-order valence-electron chi connectivity index (χ3n) is 4.03. The van der Waals surface area contributed by atoms with Gasteiger partial charge in [-0.15, -0.1) is 0 Å². The lowest BCUT2D eigenvalue weighted by Crippen LogP contribution is -2.40. The van der Waals surface area contributed by atoms with Gasteiger partial charge >= 0.3 is 5.69 Å². The molecule has 0 bridgehead atoms. The standard InChI is InChI=1S/C13H18N6O4/c1-4-13(17-18-15)9-8(21-12(2,3)22-9)10(23-13)19-6-5-7(14)16-11(19)20/h5-6,8-10H,4H2,1-3H3,(H2,14,16,20)/t8?,9-,10+,13-/m0/s1. The molecule has 124 valence electrons. The van der Waals surface area contributed by atoms with Gasteiger partial charge in [0.15, 0.2) is 17.7 Å². The van der Waals surface area contributed by atoms with Crippen LogP contribution in [0.15, 0.2) is 22.2 Å². The Morgan fingerprint density at radius 1 is 1.48 bits per heavy atom. The Kier molecular flexibility index (Phi) is 3.56. The maximum atomic E-state index is 12.1. The SMILES string of the molecule is CC[C@]1(N=[N+]=[N-])O[C@@H](n2ccc(N)nc2=O)C2OC(C)(C)O[C@@H]21. The molecule has 0 amide bonds. The second-order valence-corrected chi connectivity index (χ2v) is 5.96. The minimum atomic E-state index is -1.25. The van der Waals surface area contributed by atoms with Crippen molar-refractivity contribution in [3.05, 3.63) is 33.2 Å². The fourth-order valence-electron chi connectivity index (χ4n) is 3.04. The first-order chi connectivity index (χ1) is 10.8. The lowest BCUT2D eigenvalue weighted by molar-refractivity contribution is -0.220. The molecule has 2 aliphatic rings. The lowest BCUT2D eigenvalue weighted by atomic mass is 10.0. The van der Waals surface area contributed by atoms with E-state index in [9.17, 15) is 4.79 Å². The van der Waals surface area contributed by atoms with Crippen molar-refractivity contribution in [3.8, 4) is 0 Å². The molecule has 4 atom stereocenters. The molecule has 2 aliphatic heterocycles.